The highest BCUT2D eigenvalue weighted by Crippen LogP contribution is 2.32. The fraction of sp³-hybridized carbons (Fsp3) is 0.529. The molecular formula is C17H23NO. The van der Waals surface area contributed by atoms with E-state index in [4.69, 9.17) is 4.74 Å². The highest BCUT2D eigenvalue weighted by Gasteiger charge is 2.28. The summed E-state index contributed by atoms with van der Waals surface area (Å²) in [6, 6.07) is 9.13. The number of likely N-dealkylation sites (tertiary alicyclic amines) is 1. The van der Waals surface area contributed by atoms with Gasteiger partial charge in [-0.2, -0.15) is 0 Å². The Labute approximate surface area is 116 Å². The lowest BCUT2D eigenvalue weighted by atomic mass is 9.86. The Bertz CT molecular complexity index is 445. The van der Waals surface area contributed by atoms with E-state index in [0.29, 0.717) is 6.04 Å². The third kappa shape index (κ3) is 2.84. The Hall–Kier alpha value is -1.28. The van der Waals surface area contributed by atoms with Crippen LogP contribution in [0.5, 0.6) is 5.75 Å². The number of methoxy groups -OCH3 is 1. The van der Waals surface area contributed by atoms with Crippen LogP contribution in [0.1, 0.15) is 37.7 Å². The van der Waals surface area contributed by atoms with Crippen LogP contribution in [0.25, 0.3) is 6.08 Å². The van der Waals surface area contributed by atoms with Crippen molar-refractivity contribution in [3.8, 4) is 5.75 Å². The van der Waals surface area contributed by atoms with Gasteiger partial charge in [0.05, 0.1) is 7.11 Å². The second-order valence-corrected chi connectivity index (χ2v) is 5.64. The smallest absolute Gasteiger partial charge is 0.118 e. The normalized spacial score (nSPS) is 26.2. The van der Waals surface area contributed by atoms with Gasteiger partial charge in [-0.25, -0.2) is 0 Å². The van der Waals surface area contributed by atoms with Gasteiger partial charge in [0.25, 0.3) is 0 Å². The summed E-state index contributed by atoms with van der Waals surface area (Å²) in [4.78, 5) is 2.65. The van der Waals surface area contributed by atoms with Crippen LogP contribution in [0.15, 0.2) is 29.8 Å². The molecule has 19 heavy (non-hydrogen) atoms. The van der Waals surface area contributed by atoms with Crippen LogP contribution in [0.4, 0.5) is 0 Å². The van der Waals surface area contributed by atoms with Crippen molar-refractivity contribution in [3.05, 3.63) is 35.4 Å². The van der Waals surface area contributed by atoms with Gasteiger partial charge >= 0.3 is 0 Å². The highest BCUT2D eigenvalue weighted by atomic mass is 16.5. The van der Waals surface area contributed by atoms with E-state index >= 15 is 0 Å². The van der Waals surface area contributed by atoms with Crippen LogP contribution in [0.3, 0.4) is 0 Å². The lowest BCUT2D eigenvalue weighted by molar-refractivity contribution is 0.121. The number of hydrogen-bond donors (Lipinski definition) is 0. The average Bonchev–Trinajstić information content (AvgIpc) is 2.40. The Kier molecular flexibility index (Phi) is 3.88. The molecule has 2 fully saturated rings. The van der Waals surface area contributed by atoms with E-state index in [9.17, 15) is 0 Å². The molecule has 0 amide bonds. The van der Waals surface area contributed by atoms with Crippen molar-refractivity contribution in [1.82, 2.24) is 4.90 Å². The van der Waals surface area contributed by atoms with Crippen LogP contribution in [-0.4, -0.2) is 31.1 Å². The molecule has 2 aliphatic rings. The van der Waals surface area contributed by atoms with Crippen molar-refractivity contribution in [2.45, 2.75) is 38.1 Å². The number of benzene rings is 1. The Morgan fingerprint density at radius 2 is 1.89 bits per heavy atom. The average molecular weight is 257 g/mol. The lowest BCUT2D eigenvalue weighted by Crippen LogP contribution is -2.46. The summed E-state index contributed by atoms with van der Waals surface area (Å²) in [6.07, 6.45) is 9.15. The molecule has 1 atom stereocenters. The Morgan fingerprint density at radius 1 is 1.11 bits per heavy atom. The first-order valence-corrected chi connectivity index (χ1v) is 7.45. The van der Waals surface area contributed by atoms with E-state index in [1.165, 1.54) is 50.8 Å². The first kappa shape index (κ1) is 12.7. The van der Waals surface area contributed by atoms with E-state index in [1.54, 1.807) is 12.7 Å². The summed E-state index contributed by atoms with van der Waals surface area (Å²) in [5.74, 6) is 0.935. The highest BCUT2D eigenvalue weighted by molar-refractivity contribution is 5.55. The summed E-state index contributed by atoms with van der Waals surface area (Å²) < 4.78 is 5.22. The zero-order valence-electron chi connectivity index (χ0n) is 11.8. The van der Waals surface area contributed by atoms with Crippen molar-refractivity contribution < 1.29 is 4.74 Å². The van der Waals surface area contributed by atoms with Crippen LogP contribution in [0, 0.1) is 0 Å². The predicted octanol–water partition coefficient (Wildman–Crippen LogP) is 3.73. The van der Waals surface area contributed by atoms with Gasteiger partial charge in [-0.1, -0.05) is 30.2 Å². The molecule has 3 rings (SSSR count). The first-order chi connectivity index (χ1) is 9.36. The molecule has 1 aliphatic carbocycles. The largest absolute Gasteiger partial charge is 0.497 e. The molecule has 0 aromatic heterocycles. The van der Waals surface area contributed by atoms with Crippen molar-refractivity contribution >= 4 is 6.08 Å². The van der Waals surface area contributed by atoms with Crippen LogP contribution in [0.2, 0.25) is 0 Å². The third-order valence-corrected chi connectivity index (χ3v) is 4.42. The number of nitrogens with zero attached hydrogens (tertiary/aromatic N) is 1. The topological polar surface area (TPSA) is 12.5 Å². The van der Waals surface area contributed by atoms with Gasteiger partial charge in [-0.05, 0) is 56.5 Å². The zero-order chi connectivity index (χ0) is 13.1. The van der Waals surface area contributed by atoms with Gasteiger partial charge in [0.2, 0.25) is 0 Å². The summed E-state index contributed by atoms with van der Waals surface area (Å²) in [5, 5.41) is 0. The minimum atomic E-state index is 0.713. The van der Waals surface area contributed by atoms with Crippen molar-refractivity contribution in [2.24, 2.45) is 0 Å². The predicted molar refractivity (Wildman–Crippen MR) is 79.4 cm³/mol. The maximum atomic E-state index is 5.22. The maximum Gasteiger partial charge on any atom is 0.118 e. The molecule has 0 N–H and O–H groups in total. The third-order valence-electron chi connectivity index (χ3n) is 4.42. The molecule has 1 unspecified atom stereocenters. The Balaban J connectivity index is 1.78. The van der Waals surface area contributed by atoms with E-state index < -0.39 is 0 Å². The quantitative estimate of drug-likeness (QED) is 0.818. The molecule has 0 bridgehead atoms. The second-order valence-electron chi connectivity index (χ2n) is 5.64. The lowest BCUT2D eigenvalue weighted by Gasteiger charge is -2.42. The van der Waals surface area contributed by atoms with Gasteiger partial charge in [0, 0.05) is 6.04 Å². The van der Waals surface area contributed by atoms with Gasteiger partial charge in [-0.3, -0.25) is 4.90 Å². The molecule has 0 radical (unpaired) electrons. The Morgan fingerprint density at radius 3 is 2.53 bits per heavy atom. The van der Waals surface area contributed by atoms with E-state index in [-0.39, 0.29) is 0 Å². The fourth-order valence-electron chi connectivity index (χ4n) is 3.17. The van der Waals surface area contributed by atoms with Crippen molar-refractivity contribution in [2.75, 3.05) is 20.2 Å². The van der Waals surface area contributed by atoms with Gasteiger partial charge in [-0.15, -0.1) is 0 Å². The number of hydrogen-bond acceptors (Lipinski definition) is 2. The first-order valence-electron chi connectivity index (χ1n) is 7.45. The number of rotatable bonds is 3. The number of ether oxygens (including phenoxy) is 1. The molecular weight excluding hydrogens is 234 g/mol. The molecule has 1 aromatic rings. The summed E-state index contributed by atoms with van der Waals surface area (Å²) in [6.45, 7) is 2.59. The standard InChI is InChI=1S/C17H23NO/c1-19-16-9-7-14(8-10-16)13-15-5-2-3-6-17(15)18-11-4-12-18/h7-10,13,17H,2-6,11-12H2,1H3/b15-13+. The molecule has 1 saturated carbocycles. The maximum absolute atomic E-state index is 5.22. The SMILES string of the molecule is COc1ccc(/C=C2\CCCCC2N2CCC2)cc1. The van der Waals surface area contributed by atoms with E-state index in [0.717, 1.165) is 5.75 Å². The zero-order valence-corrected chi connectivity index (χ0v) is 11.8. The molecule has 102 valence electrons. The summed E-state index contributed by atoms with van der Waals surface area (Å²) in [7, 11) is 1.72. The van der Waals surface area contributed by atoms with E-state index in [1.807, 2.05) is 12.1 Å². The minimum absolute atomic E-state index is 0.713. The van der Waals surface area contributed by atoms with Gasteiger partial charge in [0.15, 0.2) is 0 Å². The monoisotopic (exact) mass is 257 g/mol. The molecule has 1 aromatic carbocycles. The molecule has 2 nitrogen and oxygen atoms in total. The molecule has 1 saturated heterocycles. The van der Waals surface area contributed by atoms with Crippen LogP contribution < -0.4 is 4.74 Å². The molecule has 1 heterocycles. The second kappa shape index (κ2) is 5.79. The summed E-state index contributed by atoms with van der Waals surface area (Å²) >= 11 is 0. The van der Waals surface area contributed by atoms with Crippen LogP contribution in [-0.2, 0) is 0 Å². The van der Waals surface area contributed by atoms with Gasteiger partial charge < -0.3 is 4.74 Å². The molecule has 1 aliphatic heterocycles. The fourth-order valence-corrected chi connectivity index (χ4v) is 3.17. The van der Waals surface area contributed by atoms with Crippen molar-refractivity contribution in [3.63, 3.8) is 0 Å². The van der Waals surface area contributed by atoms with Gasteiger partial charge in [0.1, 0.15) is 5.75 Å². The van der Waals surface area contributed by atoms with Crippen molar-refractivity contribution in [1.29, 1.82) is 0 Å². The molecule has 0 spiro atoms. The summed E-state index contributed by atoms with van der Waals surface area (Å²) in [5.41, 5.74) is 2.94. The minimum Gasteiger partial charge on any atom is -0.497 e. The molecule has 2 heteroatoms. The van der Waals surface area contributed by atoms with E-state index in [2.05, 4.69) is 23.1 Å². The van der Waals surface area contributed by atoms with Crippen LogP contribution >= 0.6 is 0 Å².